The number of imide groups is 1. The summed E-state index contributed by atoms with van der Waals surface area (Å²) in [5.41, 5.74) is -0.532. The first-order valence-corrected chi connectivity index (χ1v) is 8.98. The van der Waals surface area contributed by atoms with Crippen molar-refractivity contribution in [3.63, 3.8) is 0 Å². The second-order valence-electron chi connectivity index (χ2n) is 6.61. The van der Waals surface area contributed by atoms with Crippen LogP contribution >= 0.6 is 23.2 Å². The topological polar surface area (TPSA) is 78.5 Å². The van der Waals surface area contributed by atoms with E-state index in [1.165, 1.54) is 6.07 Å². The van der Waals surface area contributed by atoms with E-state index in [1.54, 1.807) is 12.1 Å². The molecule has 0 radical (unpaired) electrons. The van der Waals surface area contributed by atoms with Crippen LogP contribution < -0.4 is 10.6 Å². The zero-order valence-corrected chi connectivity index (χ0v) is 15.3. The minimum absolute atomic E-state index is 0.0492. The number of carbonyl (C=O) groups is 3. The van der Waals surface area contributed by atoms with E-state index in [2.05, 4.69) is 10.6 Å². The summed E-state index contributed by atoms with van der Waals surface area (Å²) in [4.78, 5) is 38.4. The number of carbonyl (C=O) groups excluding carboxylic acids is 3. The van der Waals surface area contributed by atoms with Crippen LogP contribution in [0.3, 0.4) is 0 Å². The lowest BCUT2D eigenvalue weighted by atomic mass is 9.73. The molecule has 4 amide bonds. The molecule has 6 nitrogen and oxygen atoms in total. The molecule has 1 aromatic rings. The average Bonchev–Trinajstić information content (AvgIpc) is 2.79. The minimum Gasteiger partial charge on any atom is -0.323 e. The molecular formula is C17H19Cl2N3O3. The minimum atomic E-state index is -0.872. The van der Waals surface area contributed by atoms with Crippen molar-refractivity contribution in [1.82, 2.24) is 10.2 Å². The van der Waals surface area contributed by atoms with Crippen LogP contribution in [0.4, 0.5) is 10.5 Å². The summed E-state index contributed by atoms with van der Waals surface area (Å²) in [5, 5.41) is 6.16. The quantitative estimate of drug-likeness (QED) is 0.784. The Morgan fingerprint density at radius 1 is 1.36 bits per heavy atom. The summed E-state index contributed by atoms with van der Waals surface area (Å²) in [7, 11) is 0. The lowest BCUT2D eigenvalue weighted by Crippen LogP contribution is -2.54. The van der Waals surface area contributed by atoms with Crippen LogP contribution in [0.15, 0.2) is 18.2 Å². The molecule has 1 saturated carbocycles. The molecule has 2 fully saturated rings. The number of hydrogen-bond acceptors (Lipinski definition) is 3. The van der Waals surface area contributed by atoms with Crippen LogP contribution in [0.1, 0.15) is 32.6 Å². The van der Waals surface area contributed by atoms with Crippen molar-refractivity contribution in [1.29, 1.82) is 0 Å². The van der Waals surface area contributed by atoms with Crippen molar-refractivity contribution in [2.75, 3.05) is 11.9 Å². The molecule has 1 spiro atoms. The van der Waals surface area contributed by atoms with Crippen molar-refractivity contribution in [3.8, 4) is 0 Å². The van der Waals surface area contributed by atoms with Gasteiger partial charge >= 0.3 is 6.03 Å². The third-order valence-corrected chi connectivity index (χ3v) is 5.57. The fourth-order valence-corrected chi connectivity index (χ4v) is 3.90. The van der Waals surface area contributed by atoms with Gasteiger partial charge in [0, 0.05) is 5.02 Å². The first kappa shape index (κ1) is 18.0. The highest BCUT2D eigenvalue weighted by atomic mass is 35.5. The molecule has 0 aromatic heterocycles. The molecule has 1 heterocycles. The van der Waals surface area contributed by atoms with E-state index in [1.807, 2.05) is 6.92 Å². The summed E-state index contributed by atoms with van der Waals surface area (Å²) < 4.78 is 0. The molecule has 1 aromatic carbocycles. The van der Waals surface area contributed by atoms with Gasteiger partial charge in [0.25, 0.3) is 5.91 Å². The number of rotatable bonds is 3. The maximum Gasteiger partial charge on any atom is 0.325 e. The second kappa shape index (κ2) is 6.84. The summed E-state index contributed by atoms with van der Waals surface area (Å²) in [6, 6.07) is 4.15. The zero-order chi connectivity index (χ0) is 18.2. The molecule has 2 N–H and O–H groups in total. The van der Waals surface area contributed by atoms with Crippen LogP contribution in [-0.2, 0) is 9.59 Å². The van der Waals surface area contributed by atoms with E-state index < -0.39 is 17.5 Å². The molecule has 25 heavy (non-hydrogen) atoms. The smallest absolute Gasteiger partial charge is 0.323 e. The molecule has 2 aliphatic rings. The van der Waals surface area contributed by atoms with Crippen LogP contribution in [0, 0.1) is 5.92 Å². The predicted octanol–water partition coefficient (Wildman–Crippen LogP) is 3.43. The maximum absolute atomic E-state index is 12.8. The molecule has 1 saturated heterocycles. The van der Waals surface area contributed by atoms with Gasteiger partial charge in [-0.1, -0.05) is 43.0 Å². The molecule has 8 heteroatoms. The van der Waals surface area contributed by atoms with E-state index in [9.17, 15) is 14.4 Å². The van der Waals surface area contributed by atoms with Crippen molar-refractivity contribution < 1.29 is 14.4 Å². The molecule has 0 unspecified atom stereocenters. The molecule has 3 rings (SSSR count). The number of hydrogen-bond donors (Lipinski definition) is 2. The van der Waals surface area contributed by atoms with Gasteiger partial charge in [-0.3, -0.25) is 14.5 Å². The SMILES string of the molecule is C[C@@H]1CCCC[C@]12NC(=O)N(CC(=O)Nc1cc(Cl)ccc1Cl)C2=O. The first-order valence-electron chi connectivity index (χ1n) is 8.22. The Bertz CT molecular complexity index is 740. The lowest BCUT2D eigenvalue weighted by Gasteiger charge is -2.36. The van der Waals surface area contributed by atoms with Crippen molar-refractivity contribution in [2.24, 2.45) is 5.92 Å². The van der Waals surface area contributed by atoms with E-state index in [-0.39, 0.29) is 18.4 Å². The van der Waals surface area contributed by atoms with E-state index in [0.717, 1.165) is 24.2 Å². The molecule has 2 atom stereocenters. The Hall–Kier alpha value is -1.79. The number of amides is 4. The lowest BCUT2D eigenvalue weighted by molar-refractivity contribution is -0.136. The first-order chi connectivity index (χ1) is 11.8. The third-order valence-electron chi connectivity index (χ3n) is 5.01. The van der Waals surface area contributed by atoms with Crippen LogP contribution in [0.25, 0.3) is 0 Å². The van der Waals surface area contributed by atoms with Crippen LogP contribution in [-0.4, -0.2) is 34.8 Å². The number of benzene rings is 1. The van der Waals surface area contributed by atoms with Crippen molar-refractivity contribution in [3.05, 3.63) is 28.2 Å². The summed E-state index contributed by atoms with van der Waals surface area (Å²) in [5.74, 6) is -0.779. The van der Waals surface area contributed by atoms with Gasteiger partial charge in [-0.2, -0.15) is 0 Å². The van der Waals surface area contributed by atoms with E-state index in [4.69, 9.17) is 23.2 Å². The largest absolute Gasteiger partial charge is 0.325 e. The Morgan fingerprint density at radius 2 is 2.12 bits per heavy atom. The van der Waals surface area contributed by atoms with E-state index in [0.29, 0.717) is 22.2 Å². The maximum atomic E-state index is 12.8. The number of urea groups is 1. The van der Waals surface area contributed by atoms with Crippen molar-refractivity contribution in [2.45, 2.75) is 38.1 Å². The number of halogens is 2. The molecule has 1 aliphatic heterocycles. The Labute approximate surface area is 155 Å². The molecule has 1 aliphatic carbocycles. The summed E-state index contributed by atoms with van der Waals surface area (Å²) in [6.45, 7) is 1.61. The highest BCUT2D eigenvalue weighted by molar-refractivity contribution is 6.35. The molecule has 134 valence electrons. The fraction of sp³-hybridized carbons (Fsp3) is 0.471. The average molecular weight is 384 g/mol. The highest BCUT2D eigenvalue weighted by Gasteiger charge is 2.55. The van der Waals surface area contributed by atoms with Gasteiger partial charge < -0.3 is 10.6 Å². The van der Waals surface area contributed by atoms with Gasteiger partial charge in [-0.25, -0.2) is 4.79 Å². The van der Waals surface area contributed by atoms with Gasteiger partial charge in [0.15, 0.2) is 0 Å². The Kier molecular flexibility index (Phi) is 4.93. The summed E-state index contributed by atoms with van der Waals surface area (Å²) in [6.07, 6.45) is 3.41. The molecular weight excluding hydrogens is 365 g/mol. The second-order valence-corrected chi connectivity index (χ2v) is 7.46. The number of nitrogens with zero attached hydrogens (tertiary/aromatic N) is 1. The van der Waals surface area contributed by atoms with Crippen LogP contribution in [0.5, 0.6) is 0 Å². The molecule has 0 bridgehead atoms. The predicted molar refractivity (Wildman–Crippen MR) is 95.7 cm³/mol. The number of anilines is 1. The highest BCUT2D eigenvalue weighted by Crippen LogP contribution is 2.38. The van der Waals surface area contributed by atoms with Gasteiger partial charge in [0.05, 0.1) is 10.7 Å². The van der Waals surface area contributed by atoms with Crippen molar-refractivity contribution >= 4 is 46.7 Å². The van der Waals surface area contributed by atoms with Gasteiger partial charge in [0.1, 0.15) is 12.1 Å². The van der Waals surface area contributed by atoms with Crippen LogP contribution in [0.2, 0.25) is 10.0 Å². The standard InChI is InChI=1S/C17H19Cl2N3O3/c1-10-4-2-3-7-17(10)15(24)22(16(25)21-17)9-14(23)20-13-8-11(18)5-6-12(13)19/h5-6,8,10H,2-4,7,9H2,1H3,(H,20,23)(H,21,25)/t10-,17+/m1/s1. The third kappa shape index (κ3) is 3.33. The van der Waals surface area contributed by atoms with Gasteiger partial charge in [0.2, 0.25) is 5.91 Å². The summed E-state index contributed by atoms with van der Waals surface area (Å²) >= 11 is 11.9. The zero-order valence-electron chi connectivity index (χ0n) is 13.8. The monoisotopic (exact) mass is 383 g/mol. The van der Waals surface area contributed by atoms with Gasteiger partial charge in [-0.15, -0.1) is 0 Å². The van der Waals surface area contributed by atoms with E-state index >= 15 is 0 Å². The fourth-order valence-electron chi connectivity index (χ4n) is 3.57. The number of nitrogens with one attached hydrogen (secondary N) is 2. The van der Waals surface area contributed by atoms with Gasteiger partial charge in [-0.05, 0) is 37.0 Å². The Balaban J connectivity index is 1.72. The normalized spacial score (nSPS) is 26.0. The Morgan fingerprint density at radius 3 is 2.84 bits per heavy atom.